The minimum absolute atomic E-state index is 0.949. The van der Waals surface area contributed by atoms with E-state index in [4.69, 9.17) is 0 Å². The van der Waals surface area contributed by atoms with Crippen LogP contribution in [0.1, 0.15) is 70.6 Å². The number of rotatable bonds is 2. The Kier molecular flexibility index (Phi) is 4.55. The van der Waals surface area contributed by atoms with Gasteiger partial charge in [0.2, 0.25) is 0 Å². The van der Waals surface area contributed by atoms with Crippen molar-refractivity contribution in [1.29, 1.82) is 0 Å². The molecular weight excluding hydrogens is 256 g/mol. The first-order valence-electron chi connectivity index (χ1n) is 9.86. The first kappa shape index (κ1) is 14.5. The molecule has 2 aliphatic heterocycles. The number of hydrogen-bond donors (Lipinski definition) is 0. The lowest BCUT2D eigenvalue weighted by Gasteiger charge is -2.51. The second-order valence-electron chi connectivity index (χ2n) is 8.46. The molecule has 2 aliphatic carbocycles. The minimum Gasteiger partial charge on any atom is -0.300 e. The van der Waals surface area contributed by atoms with Crippen LogP contribution in [-0.2, 0) is 0 Å². The van der Waals surface area contributed by atoms with Crippen LogP contribution in [-0.4, -0.2) is 48.1 Å². The van der Waals surface area contributed by atoms with Crippen LogP contribution >= 0.6 is 0 Å². The summed E-state index contributed by atoms with van der Waals surface area (Å²) in [6.07, 6.45) is 16.5. The van der Waals surface area contributed by atoms with Gasteiger partial charge in [-0.2, -0.15) is 0 Å². The van der Waals surface area contributed by atoms with E-state index in [-0.39, 0.29) is 0 Å². The molecule has 4 fully saturated rings. The Balaban J connectivity index is 1.35. The van der Waals surface area contributed by atoms with E-state index >= 15 is 0 Å². The molecule has 2 saturated carbocycles. The summed E-state index contributed by atoms with van der Waals surface area (Å²) in [6, 6.07) is 1.90. The van der Waals surface area contributed by atoms with Gasteiger partial charge in [-0.1, -0.05) is 38.5 Å². The third kappa shape index (κ3) is 3.32. The smallest absolute Gasteiger partial charge is 0.00955 e. The molecule has 0 aromatic rings. The maximum absolute atomic E-state index is 2.91. The van der Waals surface area contributed by atoms with Gasteiger partial charge in [0.1, 0.15) is 0 Å². The molecule has 2 nitrogen and oxygen atoms in total. The van der Waals surface area contributed by atoms with Gasteiger partial charge in [-0.25, -0.2) is 0 Å². The molecular formula is C19H34N2. The van der Waals surface area contributed by atoms with Crippen molar-refractivity contribution >= 4 is 0 Å². The summed E-state index contributed by atoms with van der Waals surface area (Å²) >= 11 is 0. The number of fused-ring (bicyclic) bond motifs is 2. The molecule has 2 heterocycles. The monoisotopic (exact) mass is 290 g/mol. The molecule has 4 rings (SSSR count). The van der Waals surface area contributed by atoms with Gasteiger partial charge in [-0.15, -0.1) is 0 Å². The predicted octanol–water partition coefficient (Wildman–Crippen LogP) is 3.91. The van der Waals surface area contributed by atoms with E-state index in [2.05, 4.69) is 9.80 Å². The molecule has 120 valence electrons. The SMILES string of the molecule is C1CCC(N2CC3CC(C2)CN(C2CCCCC2)C3)CC1. The standard InChI is InChI=1S/C19H34N2/c1-3-7-18(8-4-1)20-12-16-11-17(13-20)15-21(14-16)19-9-5-2-6-10-19/h16-19H,1-15H2. The van der Waals surface area contributed by atoms with Crippen LogP contribution in [0.3, 0.4) is 0 Å². The molecule has 0 radical (unpaired) electrons. The highest BCUT2D eigenvalue weighted by Crippen LogP contribution is 2.35. The van der Waals surface area contributed by atoms with Crippen LogP contribution in [0.15, 0.2) is 0 Å². The second kappa shape index (κ2) is 6.58. The largest absolute Gasteiger partial charge is 0.300 e. The van der Waals surface area contributed by atoms with Gasteiger partial charge in [-0.05, 0) is 43.9 Å². The molecule has 0 aromatic carbocycles. The quantitative estimate of drug-likeness (QED) is 0.761. The van der Waals surface area contributed by atoms with E-state index in [9.17, 15) is 0 Å². The van der Waals surface area contributed by atoms with E-state index in [0.717, 1.165) is 23.9 Å². The molecule has 2 saturated heterocycles. The molecule has 0 atom stereocenters. The molecule has 0 N–H and O–H groups in total. The Morgan fingerprint density at radius 2 is 0.857 bits per heavy atom. The maximum Gasteiger partial charge on any atom is 0.00955 e. The number of nitrogens with zero attached hydrogens (tertiary/aromatic N) is 2. The normalized spacial score (nSPS) is 37.7. The van der Waals surface area contributed by atoms with Crippen LogP contribution in [0, 0.1) is 11.8 Å². The van der Waals surface area contributed by atoms with Crippen molar-refractivity contribution in [3.63, 3.8) is 0 Å². The molecule has 2 heteroatoms. The van der Waals surface area contributed by atoms with Crippen molar-refractivity contribution in [2.24, 2.45) is 11.8 Å². The van der Waals surface area contributed by atoms with Crippen molar-refractivity contribution in [3.05, 3.63) is 0 Å². The maximum atomic E-state index is 2.91. The highest BCUT2D eigenvalue weighted by molar-refractivity contribution is 4.92. The summed E-state index contributed by atoms with van der Waals surface area (Å²) in [4.78, 5) is 5.83. The van der Waals surface area contributed by atoms with E-state index in [1.165, 1.54) is 96.8 Å². The van der Waals surface area contributed by atoms with Gasteiger partial charge in [0.25, 0.3) is 0 Å². The van der Waals surface area contributed by atoms with E-state index < -0.39 is 0 Å². The van der Waals surface area contributed by atoms with Gasteiger partial charge in [0, 0.05) is 38.3 Å². The van der Waals surface area contributed by atoms with Crippen LogP contribution in [0.4, 0.5) is 0 Å². The summed E-state index contributed by atoms with van der Waals surface area (Å²) in [7, 11) is 0. The zero-order chi connectivity index (χ0) is 14.1. The fraction of sp³-hybridized carbons (Fsp3) is 1.00. The van der Waals surface area contributed by atoms with Crippen LogP contribution in [0.5, 0.6) is 0 Å². The first-order valence-corrected chi connectivity index (χ1v) is 9.86. The molecule has 0 aromatic heterocycles. The van der Waals surface area contributed by atoms with Gasteiger partial charge in [0.15, 0.2) is 0 Å². The Hall–Kier alpha value is -0.0800. The highest BCUT2D eigenvalue weighted by atomic mass is 15.2. The van der Waals surface area contributed by atoms with Crippen molar-refractivity contribution in [1.82, 2.24) is 9.80 Å². The third-order valence-corrected chi connectivity index (χ3v) is 6.82. The summed E-state index contributed by atoms with van der Waals surface area (Å²) in [5, 5.41) is 0. The number of likely N-dealkylation sites (tertiary alicyclic amines) is 2. The summed E-state index contributed by atoms with van der Waals surface area (Å²) in [5.41, 5.74) is 0. The fourth-order valence-corrected chi connectivity index (χ4v) is 5.85. The summed E-state index contributed by atoms with van der Waals surface area (Å²) < 4.78 is 0. The van der Waals surface area contributed by atoms with E-state index in [0.29, 0.717) is 0 Å². The zero-order valence-corrected chi connectivity index (χ0v) is 13.8. The first-order chi connectivity index (χ1) is 10.4. The number of piperidine rings is 2. The Bertz CT molecular complexity index is 286. The zero-order valence-electron chi connectivity index (χ0n) is 13.8. The van der Waals surface area contributed by atoms with Crippen molar-refractivity contribution in [2.75, 3.05) is 26.2 Å². The Morgan fingerprint density at radius 1 is 0.476 bits per heavy atom. The van der Waals surface area contributed by atoms with Crippen molar-refractivity contribution in [2.45, 2.75) is 82.7 Å². The van der Waals surface area contributed by atoms with Crippen molar-refractivity contribution < 1.29 is 0 Å². The lowest BCUT2D eigenvalue weighted by molar-refractivity contribution is -0.0176. The molecule has 0 amide bonds. The lowest BCUT2D eigenvalue weighted by Crippen LogP contribution is -2.57. The predicted molar refractivity (Wildman–Crippen MR) is 88.5 cm³/mol. The van der Waals surface area contributed by atoms with Crippen LogP contribution in [0.2, 0.25) is 0 Å². The molecule has 0 spiro atoms. The van der Waals surface area contributed by atoms with Crippen LogP contribution in [0.25, 0.3) is 0 Å². The molecule has 2 bridgehead atoms. The fourth-order valence-electron chi connectivity index (χ4n) is 5.85. The van der Waals surface area contributed by atoms with Gasteiger partial charge >= 0.3 is 0 Å². The van der Waals surface area contributed by atoms with Crippen LogP contribution < -0.4 is 0 Å². The average molecular weight is 290 g/mol. The third-order valence-electron chi connectivity index (χ3n) is 6.82. The summed E-state index contributed by atoms with van der Waals surface area (Å²) in [6.45, 7) is 5.68. The minimum atomic E-state index is 0.949. The lowest BCUT2D eigenvalue weighted by atomic mass is 9.80. The average Bonchev–Trinajstić information content (AvgIpc) is 2.55. The van der Waals surface area contributed by atoms with E-state index in [1.54, 1.807) is 0 Å². The van der Waals surface area contributed by atoms with Crippen molar-refractivity contribution in [3.8, 4) is 0 Å². The molecule has 4 aliphatic rings. The second-order valence-corrected chi connectivity index (χ2v) is 8.46. The van der Waals surface area contributed by atoms with E-state index in [1.807, 2.05) is 0 Å². The number of hydrogen-bond acceptors (Lipinski definition) is 2. The highest BCUT2D eigenvalue weighted by Gasteiger charge is 2.38. The van der Waals surface area contributed by atoms with Gasteiger partial charge in [0.05, 0.1) is 0 Å². The topological polar surface area (TPSA) is 6.48 Å². The molecule has 0 unspecified atom stereocenters. The summed E-state index contributed by atoms with van der Waals surface area (Å²) in [5.74, 6) is 1.97. The molecule has 21 heavy (non-hydrogen) atoms. The van der Waals surface area contributed by atoms with Gasteiger partial charge < -0.3 is 0 Å². The Labute approximate surface area is 131 Å². The Morgan fingerprint density at radius 3 is 1.24 bits per heavy atom. The van der Waals surface area contributed by atoms with Gasteiger partial charge in [-0.3, -0.25) is 9.80 Å².